The van der Waals surface area contributed by atoms with Gasteiger partial charge in [0.05, 0.1) is 12.5 Å². The summed E-state index contributed by atoms with van der Waals surface area (Å²) in [7, 11) is 0. The van der Waals surface area contributed by atoms with Gasteiger partial charge in [-0.2, -0.15) is 0 Å². The number of amides is 2. The van der Waals surface area contributed by atoms with Crippen molar-refractivity contribution >= 4 is 41.0 Å². The van der Waals surface area contributed by atoms with Crippen LogP contribution in [-0.4, -0.2) is 42.9 Å². The highest BCUT2D eigenvalue weighted by Crippen LogP contribution is 2.37. The molecule has 35 heavy (non-hydrogen) atoms. The Morgan fingerprint density at radius 1 is 1.17 bits per heavy atom. The average molecular weight is 498 g/mol. The van der Waals surface area contributed by atoms with Gasteiger partial charge in [0.2, 0.25) is 24.5 Å². The summed E-state index contributed by atoms with van der Waals surface area (Å²) in [6.45, 7) is 2.06. The molecule has 1 atom stereocenters. The number of hydrogen-bond acceptors (Lipinski definition) is 8. The van der Waals surface area contributed by atoms with Crippen molar-refractivity contribution < 1.29 is 33.1 Å². The molecule has 2 amide bonds. The maximum absolute atomic E-state index is 13.1. The Kier molecular flexibility index (Phi) is 6.04. The molecule has 3 heterocycles. The molecule has 0 radical (unpaired) electrons. The van der Waals surface area contributed by atoms with E-state index in [-0.39, 0.29) is 49.4 Å². The molecule has 10 nitrogen and oxygen atoms in total. The summed E-state index contributed by atoms with van der Waals surface area (Å²) in [5, 5.41) is 7.10. The number of nitrogens with one attached hydrogen (secondary N) is 1. The summed E-state index contributed by atoms with van der Waals surface area (Å²) in [5.74, 6) is -1.07. The zero-order chi connectivity index (χ0) is 24.5. The molecule has 0 bridgehead atoms. The van der Waals surface area contributed by atoms with Gasteiger partial charge < -0.3 is 23.6 Å². The van der Waals surface area contributed by atoms with Gasteiger partial charge in [0.15, 0.2) is 17.1 Å². The smallest absolute Gasteiger partial charge is 0.346 e. The minimum atomic E-state index is -0.696. The van der Waals surface area contributed by atoms with Crippen LogP contribution in [-0.2, 0) is 14.3 Å². The van der Waals surface area contributed by atoms with Crippen molar-refractivity contribution in [2.24, 2.45) is 5.92 Å². The molecule has 1 saturated heterocycles. The van der Waals surface area contributed by atoms with Crippen LogP contribution in [0.3, 0.4) is 0 Å². The van der Waals surface area contributed by atoms with Crippen molar-refractivity contribution in [3.63, 3.8) is 0 Å². The second-order valence-corrected chi connectivity index (χ2v) is 8.33. The van der Waals surface area contributed by atoms with E-state index in [4.69, 9.17) is 30.3 Å². The van der Waals surface area contributed by atoms with Gasteiger partial charge in [-0.05, 0) is 31.2 Å². The second-order valence-electron chi connectivity index (χ2n) is 7.89. The van der Waals surface area contributed by atoms with Gasteiger partial charge in [0.1, 0.15) is 5.69 Å². The Morgan fingerprint density at radius 3 is 2.71 bits per heavy atom. The number of hydrogen-bond donors (Lipinski definition) is 1. The van der Waals surface area contributed by atoms with E-state index in [1.165, 1.54) is 4.90 Å². The minimum absolute atomic E-state index is 0.00675. The molecule has 3 aromatic rings. The maximum Gasteiger partial charge on any atom is 0.346 e. The first-order valence-electron chi connectivity index (χ1n) is 10.9. The van der Waals surface area contributed by atoms with E-state index in [0.717, 1.165) is 0 Å². The minimum Gasteiger partial charge on any atom is -0.462 e. The number of anilines is 2. The van der Waals surface area contributed by atoms with Crippen LogP contribution >= 0.6 is 11.6 Å². The molecule has 1 aromatic heterocycles. The lowest BCUT2D eigenvalue weighted by molar-refractivity contribution is -0.122. The van der Waals surface area contributed by atoms with Crippen LogP contribution < -0.4 is 19.7 Å². The van der Waals surface area contributed by atoms with Gasteiger partial charge in [0, 0.05) is 35.3 Å². The maximum atomic E-state index is 13.1. The molecule has 5 rings (SSSR count). The lowest BCUT2D eigenvalue weighted by Gasteiger charge is -2.17. The van der Waals surface area contributed by atoms with Crippen molar-refractivity contribution in [3.05, 3.63) is 53.1 Å². The van der Waals surface area contributed by atoms with E-state index in [1.807, 2.05) is 0 Å². The largest absolute Gasteiger partial charge is 0.462 e. The third-order valence-electron chi connectivity index (χ3n) is 5.69. The standard InChI is InChI=1S/C24H20ClN3O7/c1-2-32-24(31)20-21(13-3-5-15(25)6-4-13)27-35-23(20)26-22(30)14-9-19(29)28(11-14)16-7-8-17-18(10-16)34-12-33-17/h3-8,10,14H,2,9,11-12H2,1H3,(H,26,30). The lowest BCUT2D eigenvalue weighted by atomic mass is 10.1. The van der Waals surface area contributed by atoms with Gasteiger partial charge in [-0.1, -0.05) is 28.9 Å². The van der Waals surface area contributed by atoms with Crippen molar-refractivity contribution in [3.8, 4) is 22.8 Å². The van der Waals surface area contributed by atoms with E-state index >= 15 is 0 Å². The summed E-state index contributed by atoms with van der Waals surface area (Å²) >= 11 is 5.96. The molecule has 2 aromatic carbocycles. The van der Waals surface area contributed by atoms with E-state index in [1.54, 1.807) is 49.4 Å². The molecule has 1 fully saturated rings. The predicted molar refractivity (Wildman–Crippen MR) is 125 cm³/mol. The topological polar surface area (TPSA) is 120 Å². The fourth-order valence-corrected chi connectivity index (χ4v) is 4.10. The third-order valence-corrected chi connectivity index (χ3v) is 5.94. The van der Waals surface area contributed by atoms with Gasteiger partial charge >= 0.3 is 5.97 Å². The van der Waals surface area contributed by atoms with Crippen molar-refractivity contribution in [2.75, 3.05) is 30.2 Å². The fraction of sp³-hybridized carbons (Fsp3) is 0.250. The molecule has 2 aliphatic rings. The SMILES string of the molecule is CCOC(=O)c1c(-c2ccc(Cl)cc2)noc1NC(=O)C1CC(=O)N(c2ccc3c(c2)OCO3)C1. The van der Waals surface area contributed by atoms with Gasteiger partial charge in [-0.3, -0.25) is 14.9 Å². The first kappa shape index (κ1) is 22.7. The molecule has 0 saturated carbocycles. The quantitative estimate of drug-likeness (QED) is 0.509. The number of fused-ring (bicyclic) bond motifs is 1. The van der Waals surface area contributed by atoms with Crippen LogP contribution in [0.15, 0.2) is 47.0 Å². The van der Waals surface area contributed by atoms with Gasteiger partial charge in [-0.15, -0.1) is 0 Å². The third kappa shape index (κ3) is 4.40. The highest BCUT2D eigenvalue weighted by molar-refractivity contribution is 6.30. The van der Waals surface area contributed by atoms with E-state index < -0.39 is 17.8 Å². The number of esters is 1. The van der Waals surface area contributed by atoms with Crippen LogP contribution in [0.2, 0.25) is 5.02 Å². The highest BCUT2D eigenvalue weighted by atomic mass is 35.5. The van der Waals surface area contributed by atoms with Crippen molar-refractivity contribution in [1.82, 2.24) is 5.16 Å². The van der Waals surface area contributed by atoms with Gasteiger partial charge in [-0.25, -0.2) is 4.79 Å². The zero-order valence-corrected chi connectivity index (χ0v) is 19.3. The Morgan fingerprint density at radius 2 is 1.94 bits per heavy atom. The Bertz CT molecular complexity index is 1300. The number of nitrogens with zero attached hydrogens (tertiary/aromatic N) is 2. The number of benzene rings is 2. The molecule has 1 unspecified atom stereocenters. The van der Waals surface area contributed by atoms with Crippen molar-refractivity contribution in [1.29, 1.82) is 0 Å². The molecule has 1 N–H and O–H groups in total. The Balaban J connectivity index is 1.36. The molecular formula is C24H20ClN3O7. The van der Waals surface area contributed by atoms with E-state index in [0.29, 0.717) is 27.8 Å². The molecule has 11 heteroatoms. The second kappa shape index (κ2) is 9.30. The first-order valence-corrected chi connectivity index (χ1v) is 11.3. The zero-order valence-electron chi connectivity index (χ0n) is 18.6. The van der Waals surface area contributed by atoms with Gasteiger partial charge in [0.25, 0.3) is 0 Å². The van der Waals surface area contributed by atoms with Crippen LogP contribution in [0.5, 0.6) is 11.5 Å². The van der Waals surface area contributed by atoms with E-state index in [2.05, 4.69) is 10.5 Å². The van der Waals surface area contributed by atoms with Crippen molar-refractivity contribution in [2.45, 2.75) is 13.3 Å². The lowest BCUT2D eigenvalue weighted by Crippen LogP contribution is -2.28. The number of carbonyl (C=O) groups excluding carboxylic acids is 3. The van der Waals surface area contributed by atoms with Crippen LogP contribution in [0.1, 0.15) is 23.7 Å². The van der Waals surface area contributed by atoms with E-state index in [9.17, 15) is 14.4 Å². The summed E-state index contributed by atoms with van der Waals surface area (Å²) < 4.78 is 21.2. The predicted octanol–water partition coefficient (Wildman–Crippen LogP) is 3.89. The molecule has 0 aliphatic carbocycles. The number of halogens is 1. The normalized spacial score (nSPS) is 16.5. The number of aromatic nitrogens is 1. The summed E-state index contributed by atoms with van der Waals surface area (Å²) in [6, 6.07) is 11.8. The van der Waals surface area contributed by atoms with Crippen LogP contribution in [0.4, 0.5) is 11.6 Å². The average Bonchev–Trinajstić information content (AvgIpc) is 3.57. The summed E-state index contributed by atoms with van der Waals surface area (Å²) in [5.41, 5.74) is 1.36. The first-order chi connectivity index (χ1) is 16.9. The summed E-state index contributed by atoms with van der Waals surface area (Å²) in [4.78, 5) is 39.9. The number of ether oxygens (including phenoxy) is 3. The van der Waals surface area contributed by atoms with Crippen LogP contribution in [0, 0.1) is 5.92 Å². The molecule has 180 valence electrons. The summed E-state index contributed by atoms with van der Waals surface area (Å²) in [6.07, 6.45) is -0.00675. The van der Waals surface area contributed by atoms with Crippen LogP contribution in [0.25, 0.3) is 11.3 Å². The monoisotopic (exact) mass is 497 g/mol. The fourth-order valence-electron chi connectivity index (χ4n) is 3.97. The number of carbonyl (C=O) groups is 3. The molecule has 0 spiro atoms. The molecular weight excluding hydrogens is 478 g/mol. The number of rotatable bonds is 6. The highest BCUT2D eigenvalue weighted by Gasteiger charge is 2.37. The Hall–Kier alpha value is -4.05. The Labute approximate surface area is 204 Å². The molecule has 2 aliphatic heterocycles.